The van der Waals surface area contributed by atoms with Crippen LogP contribution in [0.3, 0.4) is 0 Å². The summed E-state index contributed by atoms with van der Waals surface area (Å²) in [5.74, 6) is 0.392. The molecule has 0 saturated carbocycles. The first-order valence-electron chi connectivity index (χ1n) is 9.08. The maximum atomic E-state index is 12.4. The van der Waals surface area contributed by atoms with E-state index in [0.717, 1.165) is 17.0 Å². The second-order valence-electron chi connectivity index (χ2n) is 6.44. The molecule has 0 fully saturated rings. The van der Waals surface area contributed by atoms with Gasteiger partial charge < -0.3 is 14.6 Å². The number of furan rings is 1. The molecule has 0 aliphatic heterocycles. The molecule has 0 bridgehead atoms. The molecular formula is C21H22N4O3S. The van der Waals surface area contributed by atoms with Crippen LogP contribution in [0.25, 0.3) is 11.3 Å². The Kier molecular flexibility index (Phi) is 7.02. The fraction of sp³-hybridized carbons (Fsp3) is 0.238. The maximum absolute atomic E-state index is 12.4. The lowest BCUT2D eigenvalue weighted by Crippen LogP contribution is -2.38. The number of benzene rings is 1. The van der Waals surface area contributed by atoms with Gasteiger partial charge in [-0.2, -0.15) is 0 Å². The lowest BCUT2D eigenvalue weighted by Gasteiger charge is -2.16. The van der Waals surface area contributed by atoms with Gasteiger partial charge in [-0.1, -0.05) is 42.1 Å². The molecule has 1 aromatic carbocycles. The van der Waals surface area contributed by atoms with Gasteiger partial charge in [-0.3, -0.25) is 9.59 Å². The smallest absolute Gasteiger partial charge is 0.239 e. The number of likely N-dealkylation sites (N-methyl/N-ethyl adjacent to an activating group) is 1. The van der Waals surface area contributed by atoms with Crippen molar-refractivity contribution >= 4 is 23.6 Å². The van der Waals surface area contributed by atoms with E-state index in [1.807, 2.05) is 43.3 Å². The molecule has 8 heteroatoms. The summed E-state index contributed by atoms with van der Waals surface area (Å²) in [6.07, 6.45) is 1.55. The molecule has 2 aromatic heterocycles. The van der Waals surface area contributed by atoms with Gasteiger partial charge in [0, 0.05) is 18.3 Å². The Balaban J connectivity index is 1.52. The Bertz CT molecular complexity index is 961. The van der Waals surface area contributed by atoms with Gasteiger partial charge in [-0.05, 0) is 25.1 Å². The molecule has 0 saturated heterocycles. The zero-order valence-corrected chi connectivity index (χ0v) is 17.1. The summed E-state index contributed by atoms with van der Waals surface area (Å²) < 4.78 is 5.16. The number of carbonyl (C=O) groups is 2. The third-order valence-corrected chi connectivity index (χ3v) is 4.91. The number of carbonyl (C=O) groups excluding carboxylic acids is 2. The summed E-state index contributed by atoms with van der Waals surface area (Å²) in [6.45, 7) is 2.17. The Morgan fingerprint density at radius 1 is 1.14 bits per heavy atom. The molecule has 2 amide bonds. The van der Waals surface area contributed by atoms with E-state index in [4.69, 9.17) is 4.42 Å². The standard InChI is InChI=1S/C21H22N4O3S/c1-15-11-18(16-7-4-3-5-8-16)24-21(23-15)29-14-20(27)25(2)13-19(26)22-12-17-9-6-10-28-17/h3-11H,12-14H2,1-2H3,(H,22,26). The van der Waals surface area contributed by atoms with E-state index < -0.39 is 0 Å². The van der Waals surface area contributed by atoms with E-state index in [1.165, 1.54) is 16.7 Å². The zero-order valence-electron chi connectivity index (χ0n) is 16.3. The number of amides is 2. The van der Waals surface area contributed by atoms with Crippen LogP contribution in [-0.4, -0.2) is 46.0 Å². The Morgan fingerprint density at radius 3 is 2.66 bits per heavy atom. The predicted octanol–water partition coefficient (Wildman–Crippen LogP) is 2.91. The van der Waals surface area contributed by atoms with E-state index in [0.29, 0.717) is 17.5 Å². The first kappa shape index (κ1) is 20.6. The van der Waals surface area contributed by atoms with Crippen molar-refractivity contribution in [2.24, 2.45) is 0 Å². The molecule has 150 valence electrons. The second kappa shape index (κ2) is 9.88. The van der Waals surface area contributed by atoms with Gasteiger partial charge in [0.05, 0.1) is 30.8 Å². The summed E-state index contributed by atoms with van der Waals surface area (Å²) in [4.78, 5) is 34.7. The van der Waals surface area contributed by atoms with E-state index in [-0.39, 0.29) is 24.1 Å². The van der Waals surface area contributed by atoms with Crippen molar-refractivity contribution < 1.29 is 14.0 Å². The van der Waals surface area contributed by atoms with Crippen LogP contribution >= 0.6 is 11.8 Å². The van der Waals surface area contributed by atoms with Crippen LogP contribution in [0.2, 0.25) is 0 Å². The van der Waals surface area contributed by atoms with Gasteiger partial charge in [0.15, 0.2) is 5.16 Å². The number of thioether (sulfide) groups is 1. The number of hydrogen-bond acceptors (Lipinski definition) is 6. The normalized spacial score (nSPS) is 10.6. The van der Waals surface area contributed by atoms with Crippen molar-refractivity contribution in [2.75, 3.05) is 19.3 Å². The first-order chi connectivity index (χ1) is 14.0. The minimum absolute atomic E-state index is 0.0238. The van der Waals surface area contributed by atoms with Crippen LogP contribution in [0, 0.1) is 6.92 Å². The van der Waals surface area contributed by atoms with Gasteiger partial charge in [-0.15, -0.1) is 0 Å². The van der Waals surface area contributed by atoms with Crippen molar-refractivity contribution in [2.45, 2.75) is 18.6 Å². The van der Waals surface area contributed by atoms with Crippen molar-refractivity contribution in [3.63, 3.8) is 0 Å². The summed E-state index contributed by atoms with van der Waals surface area (Å²) in [5, 5.41) is 3.25. The number of nitrogens with zero attached hydrogens (tertiary/aromatic N) is 3. The lowest BCUT2D eigenvalue weighted by atomic mass is 10.1. The van der Waals surface area contributed by atoms with Crippen molar-refractivity contribution in [3.8, 4) is 11.3 Å². The van der Waals surface area contributed by atoms with Gasteiger partial charge in [0.25, 0.3) is 0 Å². The van der Waals surface area contributed by atoms with Gasteiger partial charge in [0.1, 0.15) is 5.76 Å². The summed E-state index contributed by atoms with van der Waals surface area (Å²) >= 11 is 1.26. The van der Waals surface area contributed by atoms with Crippen molar-refractivity contribution in [1.29, 1.82) is 0 Å². The van der Waals surface area contributed by atoms with E-state index in [9.17, 15) is 9.59 Å². The molecule has 0 aliphatic rings. The molecular weight excluding hydrogens is 388 g/mol. The first-order valence-corrected chi connectivity index (χ1v) is 10.1. The van der Waals surface area contributed by atoms with Gasteiger partial charge in [-0.25, -0.2) is 9.97 Å². The number of aromatic nitrogens is 2. The zero-order chi connectivity index (χ0) is 20.6. The van der Waals surface area contributed by atoms with E-state index >= 15 is 0 Å². The number of rotatable bonds is 8. The fourth-order valence-corrected chi connectivity index (χ4v) is 3.40. The molecule has 3 rings (SSSR count). The van der Waals surface area contributed by atoms with Crippen LogP contribution in [-0.2, 0) is 16.1 Å². The minimum Gasteiger partial charge on any atom is -0.467 e. The number of nitrogens with one attached hydrogen (secondary N) is 1. The molecule has 0 radical (unpaired) electrons. The Hall–Kier alpha value is -3.13. The third kappa shape index (κ3) is 6.18. The predicted molar refractivity (Wildman–Crippen MR) is 111 cm³/mol. The van der Waals surface area contributed by atoms with Crippen molar-refractivity contribution in [3.05, 3.63) is 66.2 Å². The molecule has 1 N–H and O–H groups in total. The highest BCUT2D eigenvalue weighted by atomic mass is 32.2. The van der Waals surface area contributed by atoms with E-state index in [1.54, 1.807) is 25.4 Å². The third-order valence-electron chi connectivity index (χ3n) is 4.07. The van der Waals surface area contributed by atoms with Crippen LogP contribution in [0.4, 0.5) is 0 Å². The highest BCUT2D eigenvalue weighted by Crippen LogP contribution is 2.21. The van der Waals surface area contributed by atoms with Gasteiger partial charge in [0.2, 0.25) is 11.8 Å². The fourth-order valence-electron chi connectivity index (χ4n) is 2.56. The lowest BCUT2D eigenvalue weighted by molar-refractivity contribution is -0.132. The maximum Gasteiger partial charge on any atom is 0.239 e. The topological polar surface area (TPSA) is 88.3 Å². The molecule has 0 atom stereocenters. The Morgan fingerprint density at radius 2 is 1.93 bits per heavy atom. The summed E-state index contributed by atoms with van der Waals surface area (Å²) in [7, 11) is 1.60. The van der Waals surface area contributed by atoms with Crippen LogP contribution in [0.1, 0.15) is 11.5 Å². The molecule has 0 unspecified atom stereocenters. The SMILES string of the molecule is Cc1cc(-c2ccccc2)nc(SCC(=O)N(C)CC(=O)NCc2ccco2)n1. The van der Waals surface area contributed by atoms with Crippen LogP contribution in [0.5, 0.6) is 0 Å². The minimum atomic E-state index is -0.250. The monoisotopic (exact) mass is 410 g/mol. The molecule has 7 nitrogen and oxygen atoms in total. The average Bonchev–Trinajstić information content (AvgIpc) is 3.24. The van der Waals surface area contributed by atoms with Crippen molar-refractivity contribution in [1.82, 2.24) is 20.2 Å². The molecule has 2 heterocycles. The largest absolute Gasteiger partial charge is 0.467 e. The summed E-state index contributed by atoms with van der Waals surface area (Å²) in [5.41, 5.74) is 2.65. The molecule has 0 aliphatic carbocycles. The second-order valence-corrected chi connectivity index (χ2v) is 7.38. The molecule has 29 heavy (non-hydrogen) atoms. The quantitative estimate of drug-likeness (QED) is 0.454. The number of aryl methyl sites for hydroxylation is 1. The highest BCUT2D eigenvalue weighted by molar-refractivity contribution is 7.99. The Labute approximate surface area is 173 Å². The average molecular weight is 410 g/mol. The molecule has 0 spiro atoms. The number of hydrogen-bond donors (Lipinski definition) is 1. The highest BCUT2D eigenvalue weighted by Gasteiger charge is 2.15. The van der Waals surface area contributed by atoms with Gasteiger partial charge >= 0.3 is 0 Å². The molecule has 3 aromatic rings. The summed E-state index contributed by atoms with van der Waals surface area (Å²) in [6, 6.07) is 15.3. The van der Waals surface area contributed by atoms with Crippen LogP contribution < -0.4 is 5.32 Å². The van der Waals surface area contributed by atoms with Crippen LogP contribution in [0.15, 0.2) is 64.4 Å². The van der Waals surface area contributed by atoms with E-state index in [2.05, 4.69) is 15.3 Å².